The number of carbonyl (C=O) groups is 3. The Balaban J connectivity index is 2.57. The van der Waals surface area contributed by atoms with Gasteiger partial charge in [-0.25, -0.2) is 4.79 Å². The van der Waals surface area contributed by atoms with Crippen molar-refractivity contribution in [3.8, 4) is 0 Å². The number of amides is 1. The molecule has 0 saturated heterocycles. The van der Waals surface area contributed by atoms with Crippen LogP contribution in [-0.4, -0.2) is 44.5 Å². The average Bonchev–Trinajstić information content (AvgIpc) is 2.70. The molecule has 0 spiro atoms. The molecule has 0 aromatic heterocycles. The van der Waals surface area contributed by atoms with Gasteiger partial charge in [-0.05, 0) is 24.5 Å². The number of carboxylic acids is 2. The quantitative estimate of drug-likeness (QED) is 0.565. The smallest absolute Gasteiger partial charge is 0.330 e. The molecule has 0 radical (unpaired) electrons. The van der Waals surface area contributed by atoms with Gasteiger partial charge in [0.25, 0.3) is 0 Å². The van der Waals surface area contributed by atoms with E-state index in [0.717, 1.165) is 5.56 Å². The summed E-state index contributed by atoms with van der Waals surface area (Å²) in [6.45, 7) is 1.51. The zero-order valence-corrected chi connectivity index (χ0v) is 16.3. The number of carboxylic acid groups (broad SMARTS) is 2. The van der Waals surface area contributed by atoms with Gasteiger partial charge in [0.05, 0.1) is 6.04 Å². The molecule has 7 heteroatoms. The van der Waals surface area contributed by atoms with Crippen LogP contribution in [0.25, 0.3) is 0 Å². The average molecular weight is 398 g/mol. The fourth-order valence-electron chi connectivity index (χ4n) is 3.32. The SMILES string of the molecule is C[C@H](N)C(=O)N(Cc1ccccc1)[C@@](CCC(=O)O)(Cc1ccccc1)C(=O)O. The molecule has 1 amide bonds. The number of hydrogen-bond donors (Lipinski definition) is 3. The van der Waals surface area contributed by atoms with Crippen molar-refractivity contribution in [2.75, 3.05) is 0 Å². The van der Waals surface area contributed by atoms with E-state index in [2.05, 4.69) is 0 Å². The minimum absolute atomic E-state index is 0.0139. The first-order chi connectivity index (χ1) is 13.8. The van der Waals surface area contributed by atoms with Gasteiger partial charge in [-0.2, -0.15) is 0 Å². The molecule has 0 bridgehead atoms. The number of rotatable bonds is 10. The lowest BCUT2D eigenvalue weighted by molar-refractivity contribution is -0.162. The molecule has 0 fully saturated rings. The highest BCUT2D eigenvalue weighted by Gasteiger charge is 2.47. The highest BCUT2D eigenvalue weighted by molar-refractivity contribution is 5.90. The Labute approximate surface area is 169 Å². The van der Waals surface area contributed by atoms with Crippen molar-refractivity contribution in [2.24, 2.45) is 5.73 Å². The van der Waals surface area contributed by atoms with Crippen LogP contribution in [0.2, 0.25) is 0 Å². The molecule has 0 aliphatic carbocycles. The number of benzene rings is 2. The summed E-state index contributed by atoms with van der Waals surface area (Å²) < 4.78 is 0. The maximum atomic E-state index is 13.0. The lowest BCUT2D eigenvalue weighted by Gasteiger charge is -2.42. The Bertz CT molecular complexity index is 839. The molecule has 2 rings (SSSR count). The fraction of sp³-hybridized carbons (Fsp3) is 0.318. The van der Waals surface area contributed by atoms with E-state index in [9.17, 15) is 24.6 Å². The maximum absolute atomic E-state index is 13.0. The van der Waals surface area contributed by atoms with Gasteiger partial charge in [0.15, 0.2) is 0 Å². The number of nitrogens with zero attached hydrogens (tertiary/aromatic N) is 1. The molecule has 154 valence electrons. The van der Waals surface area contributed by atoms with Crippen molar-refractivity contribution in [1.82, 2.24) is 4.90 Å². The zero-order chi connectivity index (χ0) is 21.4. The standard InChI is InChI=1S/C22H26N2O5/c1-16(23)20(27)24(15-18-10-6-3-7-11-18)22(21(28)29,13-12-19(25)26)14-17-8-4-2-5-9-17/h2-11,16H,12-15,23H2,1H3,(H,25,26)(H,28,29)/t16-,22-/m0/s1. The van der Waals surface area contributed by atoms with Gasteiger partial charge in [0.1, 0.15) is 5.54 Å². The van der Waals surface area contributed by atoms with Crippen molar-refractivity contribution in [3.05, 3.63) is 71.8 Å². The van der Waals surface area contributed by atoms with Crippen LogP contribution >= 0.6 is 0 Å². The van der Waals surface area contributed by atoms with Crippen LogP contribution in [0.1, 0.15) is 30.9 Å². The molecule has 2 aromatic rings. The summed E-state index contributed by atoms with van der Waals surface area (Å²) in [7, 11) is 0. The number of carbonyl (C=O) groups excluding carboxylic acids is 1. The van der Waals surface area contributed by atoms with E-state index in [1.54, 1.807) is 54.6 Å². The predicted octanol–water partition coefficient (Wildman–Crippen LogP) is 2.29. The molecule has 0 unspecified atom stereocenters. The third-order valence-corrected chi connectivity index (χ3v) is 4.85. The van der Waals surface area contributed by atoms with Crippen LogP contribution in [0.4, 0.5) is 0 Å². The topological polar surface area (TPSA) is 121 Å². The second-order valence-corrected chi connectivity index (χ2v) is 7.09. The van der Waals surface area contributed by atoms with Gasteiger partial charge in [0, 0.05) is 19.4 Å². The van der Waals surface area contributed by atoms with Gasteiger partial charge >= 0.3 is 11.9 Å². The first-order valence-electron chi connectivity index (χ1n) is 9.36. The van der Waals surface area contributed by atoms with Crippen molar-refractivity contribution < 1.29 is 24.6 Å². The van der Waals surface area contributed by atoms with Crippen LogP contribution in [-0.2, 0) is 27.3 Å². The number of aliphatic carboxylic acids is 2. The molecule has 0 saturated carbocycles. The third kappa shape index (κ3) is 5.65. The van der Waals surface area contributed by atoms with Gasteiger partial charge in [-0.3, -0.25) is 9.59 Å². The third-order valence-electron chi connectivity index (χ3n) is 4.85. The minimum Gasteiger partial charge on any atom is -0.481 e. The van der Waals surface area contributed by atoms with Crippen molar-refractivity contribution in [1.29, 1.82) is 0 Å². The monoisotopic (exact) mass is 398 g/mol. The lowest BCUT2D eigenvalue weighted by Crippen LogP contribution is -2.61. The Hall–Kier alpha value is -3.19. The summed E-state index contributed by atoms with van der Waals surface area (Å²) in [4.78, 5) is 38.1. The zero-order valence-electron chi connectivity index (χ0n) is 16.3. The summed E-state index contributed by atoms with van der Waals surface area (Å²) in [5, 5.41) is 19.5. The van der Waals surface area contributed by atoms with Crippen molar-refractivity contribution in [3.63, 3.8) is 0 Å². The Morgan fingerprint density at radius 1 is 0.966 bits per heavy atom. The van der Waals surface area contributed by atoms with Crippen LogP contribution in [0.5, 0.6) is 0 Å². The molecular formula is C22H26N2O5. The fourth-order valence-corrected chi connectivity index (χ4v) is 3.32. The van der Waals surface area contributed by atoms with Gasteiger partial charge in [0.2, 0.25) is 5.91 Å². The largest absolute Gasteiger partial charge is 0.481 e. The van der Waals surface area contributed by atoms with Gasteiger partial charge in [-0.15, -0.1) is 0 Å². The molecule has 4 N–H and O–H groups in total. The van der Waals surface area contributed by atoms with Crippen molar-refractivity contribution >= 4 is 17.8 Å². The van der Waals surface area contributed by atoms with Crippen LogP contribution in [0.15, 0.2) is 60.7 Å². The summed E-state index contributed by atoms with van der Waals surface area (Å²) in [6, 6.07) is 16.9. The molecule has 0 aliphatic heterocycles. The maximum Gasteiger partial charge on any atom is 0.330 e. The van der Waals surface area contributed by atoms with Gasteiger partial charge in [-0.1, -0.05) is 60.7 Å². The molecular weight excluding hydrogens is 372 g/mol. The van der Waals surface area contributed by atoms with E-state index in [4.69, 9.17) is 5.73 Å². The molecule has 29 heavy (non-hydrogen) atoms. The van der Waals surface area contributed by atoms with Crippen molar-refractivity contribution in [2.45, 2.75) is 44.3 Å². The second-order valence-electron chi connectivity index (χ2n) is 7.09. The second kappa shape index (κ2) is 9.84. The summed E-state index contributed by atoms with van der Waals surface area (Å²) in [5.41, 5.74) is 5.51. The summed E-state index contributed by atoms with van der Waals surface area (Å²) >= 11 is 0. The summed E-state index contributed by atoms with van der Waals surface area (Å²) in [6.07, 6.45) is -0.656. The van der Waals surface area contributed by atoms with Gasteiger partial charge < -0.3 is 20.8 Å². The first kappa shape index (κ1) is 22.1. The van der Waals surface area contributed by atoms with E-state index >= 15 is 0 Å². The number of nitrogens with two attached hydrogens (primary N) is 1. The normalized spacial score (nSPS) is 13.9. The highest BCUT2D eigenvalue weighted by atomic mass is 16.4. The molecule has 0 heterocycles. The van der Waals surface area contributed by atoms with Crippen LogP contribution in [0.3, 0.4) is 0 Å². The van der Waals surface area contributed by atoms with E-state index in [0.29, 0.717) is 5.56 Å². The molecule has 2 aromatic carbocycles. The van der Waals surface area contributed by atoms with E-state index < -0.39 is 35.8 Å². The first-order valence-corrected chi connectivity index (χ1v) is 9.36. The minimum atomic E-state index is -1.75. The van der Waals surface area contributed by atoms with E-state index in [1.165, 1.54) is 11.8 Å². The van der Waals surface area contributed by atoms with E-state index in [-0.39, 0.29) is 19.4 Å². The number of hydrogen-bond acceptors (Lipinski definition) is 4. The molecule has 7 nitrogen and oxygen atoms in total. The Kier molecular flexibility index (Phi) is 7.50. The molecule has 2 atom stereocenters. The Morgan fingerprint density at radius 2 is 1.48 bits per heavy atom. The lowest BCUT2D eigenvalue weighted by atomic mass is 9.83. The van der Waals surface area contributed by atoms with Crippen LogP contribution in [0, 0.1) is 0 Å². The van der Waals surface area contributed by atoms with E-state index in [1.807, 2.05) is 6.07 Å². The molecule has 0 aliphatic rings. The highest BCUT2D eigenvalue weighted by Crippen LogP contribution is 2.30. The predicted molar refractivity (Wildman–Crippen MR) is 108 cm³/mol. The van der Waals surface area contributed by atoms with Crippen LogP contribution < -0.4 is 5.73 Å². The summed E-state index contributed by atoms with van der Waals surface area (Å²) in [5.74, 6) is -2.93. The Morgan fingerprint density at radius 3 is 1.93 bits per heavy atom.